The van der Waals surface area contributed by atoms with Crippen molar-refractivity contribution in [3.05, 3.63) is 69.7 Å². The van der Waals surface area contributed by atoms with Gasteiger partial charge in [-0.2, -0.15) is 0 Å². The summed E-state index contributed by atoms with van der Waals surface area (Å²) in [6, 6.07) is 13.5. The van der Waals surface area contributed by atoms with E-state index in [1.54, 1.807) is 13.2 Å². The second kappa shape index (κ2) is 13.6. The number of nitrogens with zero attached hydrogens (tertiary/aromatic N) is 2. The van der Waals surface area contributed by atoms with Crippen LogP contribution in [-0.2, 0) is 9.53 Å². The number of benzene rings is 2. The Bertz CT molecular complexity index is 935. The zero-order valence-corrected chi connectivity index (χ0v) is 20.2. The number of nitrogens with one attached hydrogen (secondary N) is 1. The Morgan fingerprint density at radius 3 is 2.68 bits per heavy atom. The molecule has 0 aliphatic carbocycles. The highest BCUT2D eigenvalue weighted by atomic mass is 35.5. The Morgan fingerprint density at radius 2 is 1.94 bits per heavy atom. The first-order valence-corrected chi connectivity index (χ1v) is 10.1. The van der Waals surface area contributed by atoms with Crippen LogP contribution in [0.25, 0.3) is 6.08 Å². The third-order valence-electron chi connectivity index (χ3n) is 4.51. The molecular formula is C22H25Cl4N3O2. The number of ether oxygens (including phenoxy) is 1. The predicted molar refractivity (Wildman–Crippen MR) is 135 cm³/mol. The van der Waals surface area contributed by atoms with Gasteiger partial charge in [0.1, 0.15) is 0 Å². The summed E-state index contributed by atoms with van der Waals surface area (Å²) in [5.74, 6) is -0.0355. The van der Waals surface area contributed by atoms with Crippen molar-refractivity contribution in [2.45, 2.75) is 0 Å². The molecule has 1 heterocycles. The number of benzodiazepines with no additional fused rings is 1. The molecule has 2 aromatic carbocycles. The Kier molecular flexibility index (Phi) is 12.0. The highest BCUT2D eigenvalue weighted by Crippen LogP contribution is 2.26. The van der Waals surface area contributed by atoms with Gasteiger partial charge in [0, 0.05) is 31.5 Å². The number of amides is 1. The van der Waals surface area contributed by atoms with E-state index in [0.717, 1.165) is 22.5 Å². The van der Waals surface area contributed by atoms with Gasteiger partial charge in [-0.15, -0.1) is 24.8 Å². The van der Waals surface area contributed by atoms with Crippen molar-refractivity contribution in [3.63, 3.8) is 0 Å². The molecule has 1 aliphatic rings. The van der Waals surface area contributed by atoms with Gasteiger partial charge in [0.2, 0.25) is 5.91 Å². The summed E-state index contributed by atoms with van der Waals surface area (Å²) < 4.78 is 4.98. The van der Waals surface area contributed by atoms with E-state index in [2.05, 4.69) is 10.2 Å². The molecule has 1 N–H and O–H groups in total. The van der Waals surface area contributed by atoms with Crippen molar-refractivity contribution in [1.29, 1.82) is 0 Å². The Labute approximate surface area is 205 Å². The van der Waals surface area contributed by atoms with E-state index in [1.165, 1.54) is 0 Å². The number of rotatable bonds is 7. The SMILES string of the molecule is COCCNC(=O)CN1CCN=C(C=Cc2ccc(Cl)c(Cl)c2)c2ccccc21.Cl.Cl. The number of carbonyl (C=O) groups is 1. The first kappa shape index (κ1) is 27.3. The summed E-state index contributed by atoms with van der Waals surface area (Å²) in [5, 5.41) is 3.91. The van der Waals surface area contributed by atoms with E-state index in [1.807, 2.05) is 48.6 Å². The summed E-state index contributed by atoms with van der Waals surface area (Å²) in [7, 11) is 1.61. The number of halogens is 4. The summed E-state index contributed by atoms with van der Waals surface area (Å²) in [5.41, 5.74) is 3.79. The number of hydrogen-bond donors (Lipinski definition) is 1. The van der Waals surface area contributed by atoms with Gasteiger partial charge in [-0.3, -0.25) is 9.79 Å². The second-order valence-electron chi connectivity index (χ2n) is 6.56. The molecule has 2 aromatic rings. The van der Waals surface area contributed by atoms with Crippen LogP contribution >= 0.6 is 48.0 Å². The molecule has 0 saturated carbocycles. The lowest BCUT2D eigenvalue weighted by atomic mass is 10.1. The van der Waals surface area contributed by atoms with Crippen molar-refractivity contribution in [2.24, 2.45) is 4.99 Å². The van der Waals surface area contributed by atoms with Gasteiger partial charge >= 0.3 is 0 Å². The minimum Gasteiger partial charge on any atom is -0.383 e. The van der Waals surface area contributed by atoms with Crippen molar-refractivity contribution in [3.8, 4) is 0 Å². The number of aliphatic imine (C=N–C) groups is 1. The molecule has 3 rings (SSSR count). The number of carbonyl (C=O) groups excluding carboxylic acids is 1. The maximum Gasteiger partial charge on any atom is 0.239 e. The average molecular weight is 505 g/mol. The zero-order chi connectivity index (χ0) is 20.6. The summed E-state index contributed by atoms with van der Waals surface area (Å²) in [6.45, 7) is 2.54. The highest BCUT2D eigenvalue weighted by Gasteiger charge is 2.19. The largest absolute Gasteiger partial charge is 0.383 e. The van der Waals surface area contributed by atoms with Crippen molar-refractivity contribution in [1.82, 2.24) is 5.32 Å². The first-order valence-electron chi connectivity index (χ1n) is 9.36. The van der Waals surface area contributed by atoms with E-state index in [9.17, 15) is 4.79 Å². The summed E-state index contributed by atoms with van der Waals surface area (Å²) in [6.07, 6.45) is 3.94. The van der Waals surface area contributed by atoms with Crippen LogP contribution in [0, 0.1) is 0 Å². The van der Waals surface area contributed by atoms with Gasteiger partial charge in [0.05, 0.1) is 35.5 Å². The van der Waals surface area contributed by atoms with Crippen LogP contribution in [0.4, 0.5) is 5.69 Å². The van der Waals surface area contributed by atoms with E-state index >= 15 is 0 Å². The number of anilines is 1. The smallest absolute Gasteiger partial charge is 0.239 e. The molecule has 0 spiro atoms. The molecule has 5 nitrogen and oxygen atoms in total. The third kappa shape index (κ3) is 7.70. The fourth-order valence-electron chi connectivity index (χ4n) is 3.08. The minimum absolute atomic E-state index is 0. The molecule has 0 atom stereocenters. The van der Waals surface area contributed by atoms with Gasteiger partial charge < -0.3 is 15.0 Å². The normalized spacial score (nSPS) is 12.9. The molecule has 1 aliphatic heterocycles. The maximum atomic E-state index is 12.3. The number of methoxy groups -OCH3 is 1. The Balaban J connectivity index is 0.00000240. The average Bonchev–Trinajstić information content (AvgIpc) is 2.89. The molecule has 0 unspecified atom stereocenters. The molecule has 0 bridgehead atoms. The summed E-state index contributed by atoms with van der Waals surface area (Å²) >= 11 is 12.1. The van der Waals surface area contributed by atoms with E-state index in [4.69, 9.17) is 32.9 Å². The molecule has 1 amide bonds. The van der Waals surface area contributed by atoms with Crippen LogP contribution < -0.4 is 10.2 Å². The number of para-hydroxylation sites is 1. The summed E-state index contributed by atoms with van der Waals surface area (Å²) in [4.78, 5) is 19.1. The van der Waals surface area contributed by atoms with Crippen molar-refractivity contribution in [2.75, 3.05) is 44.8 Å². The van der Waals surface area contributed by atoms with Gasteiger partial charge in [0.25, 0.3) is 0 Å². The van der Waals surface area contributed by atoms with Crippen molar-refractivity contribution >= 4 is 71.4 Å². The van der Waals surface area contributed by atoms with Crippen molar-refractivity contribution < 1.29 is 9.53 Å². The molecule has 0 aromatic heterocycles. The standard InChI is InChI=1S/C22H23Cl2N3O2.2ClH/c1-29-13-11-26-22(28)15-27-12-10-25-20(17-4-2-3-5-21(17)27)9-7-16-6-8-18(23)19(24)14-16;;/h2-9,14H,10-13,15H2,1H3,(H,26,28);2*1H. The first-order chi connectivity index (χ1) is 14.1. The third-order valence-corrected chi connectivity index (χ3v) is 5.25. The van der Waals surface area contributed by atoms with Crippen LogP contribution in [0.2, 0.25) is 10.0 Å². The topological polar surface area (TPSA) is 53.9 Å². The van der Waals surface area contributed by atoms with Crippen LogP contribution in [-0.4, -0.2) is 51.5 Å². The van der Waals surface area contributed by atoms with Gasteiger partial charge in [-0.05, 0) is 29.8 Å². The van der Waals surface area contributed by atoms with Crippen LogP contribution in [0.15, 0.2) is 53.5 Å². The molecular weight excluding hydrogens is 480 g/mol. The Hall–Kier alpha value is -1.76. The number of hydrogen-bond acceptors (Lipinski definition) is 4. The van der Waals surface area contributed by atoms with E-state index in [0.29, 0.717) is 36.3 Å². The molecule has 31 heavy (non-hydrogen) atoms. The lowest BCUT2D eigenvalue weighted by molar-refractivity contribution is -0.119. The monoisotopic (exact) mass is 503 g/mol. The lowest BCUT2D eigenvalue weighted by Gasteiger charge is -2.24. The minimum atomic E-state index is -0.0355. The van der Waals surface area contributed by atoms with Crippen LogP contribution in [0.3, 0.4) is 0 Å². The van der Waals surface area contributed by atoms with Crippen LogP contribution in [0.5, 0.6) is 0 Å². The maximum absolute atomic E-state index is 12.3. The quantitative estimate of drug-likeness (QED) is 0.544. The molecule has 0 fully saturated rings. The van der Waals surface area contributed by atoms with Gasteiger partial charge in [-0.1, -0.05) is 53.5 Å². The lowest BCUT2D eigenvalue weighted by Crippen LogP contribution is -2.39. The molecule has 0 saturated heterocycles. The molecule has 168 valence electrons. The van der Waals surface area contributed by atoms with Gasteiger partial charge in [-0.25, -0.2) is 0 Å². The second-order valence-corrected chi connectivity index (χ2v) is 7.37. The fourth-order valence-corrected chi connectivity index (χ4v) is 3.39. The molecule has 9 heteroatoms. The number of fused-ring (bicyclic) bond motifs is 1. The molecule has 0 radical (unpaired) electrons. The zero-order valence-electron chi connectivity index (χ0n) is 17.0. The van der Waals surface area contributed by atoms with E-state index < -0.39 is 0 Å². The number of allylic oxidation sites excluding steroid dienone is 1. The van der Waals surface area contributed by atoms with Gasteiger partial charge in [0.15, 0.2) is 0 Å². The predicted octanol–water partition coefficient (Wildman–Crippen LogP) is 4.92. The van der Waals surface area contributed by atoms with E-state index in [-0.39, 0.29) is 37.3 Å². The Morgan fingerprint density at radius 1 is 1.16 bits per heavy atom. The van der Waals surface area contributed by atoms with Crippen LogP contribution in [0.1, 0.15) is 11.1 Å². The highest BCUT2D eigenvalue weighted by molar-refractivity contribution is 6.42. The fraction of sp³-hybridized carbons (Fsp3) is 0.273.